The smallest absolute Gasteiger partial charge is 0.265 e. The van der Waals surface area contributed by atoms with Crippen LogP contribution in [-0.2, 0) is 4.74 Å². The molecule has 22 heavy (non-hydrogen) atoms. The second-order valence-electron chi connectivity index (χ2n) is 4.97. The number of benzene rings is 1. The van der Waals surface area contributed by atoms with Crippen molar-refractivity contribution in [2.75, 3.05) is 13.2 Å². The van der Waals surface area contributed by atoms with E-state index in [-0.39, 0.29) is 23.3 Å². The van der Waals surface area contributed by atoms with Gasteiger partial charge in [-0.25, -0.2) is 5.10 Å². The maximum Gasteiger partial charge on any atom is 0.265 e. The summed E-state index contributed by atoms with van der Waals surface area (Å²) in [6, 6.07) is 6.22. The van der Waals surface area contributed by atoms with E-state index in [1.165, 1.54) is 13.0 Å². The minimum absolute atomic E-state index is 0.114. The number of carbonyl (C=O) groups excluding carboxylic acids is 1. The number of nitrogens with zero attached hydrogens (tertiary/aromatic N) is 1. The summed E-state index contributed by atoms with van der Waals surface area (Å²) in [6.07, 6.45) is -0.114. The van der Waals surface area contributed by atoms with E-state index in [4.69, 9.17) is 21.1 Å². The molecule has 1 aromatic carbocycles. The lowest BCUT2D eigenvalue weighted by molar-refractivity contribution is -0.0814. The average molecular weight is 321 g/mol. The zero-order chi connectivity index (χ0) is 15.7. The molecule has 0 bridgehead atoms. The molecule has 1 fully saturated rings. The number of ketones is 1. The van der Waals surface area contributed by atoms with Crippen LogP contribution >= 0.6 is 11.6 Å². The van der Waals surface area contributed by atoms with Gasteiger partial charge < -0.3 is 9.47 Å². The molecule has 0 atom stereocenters. The maximum absolute atomic E-state index is 11.8. The lowest BCUT2D eigenvalue weighted by Gasteiger charge is -2.26. The number of Topliss-reactive ketones (excluding diaryl/α,β-unsaturated/α-hetero) is 1. The van der Waals surface area contributed by atoms with Gasteiger partial charge in [-0.15, -0.1) is 5.10 Å². The normalized spacial score (nSPS) is 14.5. The van der Waals surface area contributed by atoms with Crippen molar-refractivity contribution in [3.05, 3.63) is 45.2 Å². The van der Waals surface area contributed by atoms with Gasteiger partial charge in [-0.2, -0.15) is 0 Å². The second kappa shape index (κ2) is 5.90. The number of hydrogen-bond donors (Lipinski definition) is 1. The van der Waals surface area contributed by atoms with Crippen molar-refractivity contribution in [1.29, 1.82) is 0 Å². The zero-order valence-electron chi connectivity index (χ0n) is 11.8. The topological polar surface area (TPSA) is 81.3 Å². The quantitative estimate of drug-likeness (QED) is 0.872. The molecular weight excluding hydrogens is 308 g/mol. The van der Waals surface area contributed by atoms with Crippen LogP contribution < -0.4 is 10.3 Å². The van der Waals surface area contributed by atoms with Crippen LogP contribution in [0.4, 0.5) is 0 Å². The number of halogens is 1. The Balaban J connectivity index is 2.14. The summed E-state index contributed by atoms with van der Waals surface area (Å²) in [5.74, 6) is 0.113. The summed E-state index contributed by atoms with van der Waals surface area (Å²) in [6.45, 7) is 2.39. The first-order valence-electron chi connectivity index (χ1n) is 6.69. The predicted molar refractivity (Wildman–Crippen MR) is 80.5 cm³/mol. The van der Waals surface area contributed by atoms with Gasteiger partial charge in [0.15, 0.2) is 5.78 Å². The van der Waals surface area contributed by atoms with Gasteiger partial charge in [0.2, 0.25) is 5.88 Å². The van der Waals surface area contributed by atoms with E-state index in [1.54, 1.807) is 18.2 Å². The number of rotatable bonds is 4. The van der Waals surface area contributed by atoms with Gasteiger partial charge in [-0.05, 0) is 30.7 Å². The first-order valence-corrected chi connectivity index (χ1v) is 7.07. The number of ether oxygens (including phenoxy) is 2. The van der Waals surface area contributed by atoms with Gasteiger partial charge in [-0.3, -0.25) is 9.59 Å². The lowest BCUT2D eigenvalue weighted by atomic mass is 9.98. The third kappa shape index (κ3) is 2.88. The Labute approximate surface area is 131 Å². The van der Waals surface area contributed by atoms with Crippen LogP contribution in [0.1, 0.15) is 17.3 Å². The highest BCUT2D eigenvalue weighted by Gasteiger charge is 2.24. The van der Waals surface area contributed by atoms with E-state index in [9.17, 15) is 9.59 Å². The second-order valence-corrected chi connectivity index (χ2v) is 5.41. The van der Waals surface area contributed by atoms with E-state index >= 15 is 0 Å². The third-order valence-corrected chi connectivity index (χ3v) is 3.55. The van der Waals surface area contributed by atoms with Crippen molar-refractivity contribution in [2.24, 2.45) is 0 Å². The molecule has 1 saturated heterocycles. The molecule has 2 heterocycles. The fourth-order valence-electron chi connectivity index (χ4n) is 2.16. The van der Waals surface area contributed by atoms with Crippen molar-refractivity contribution in [1.82, 2.24) is 10.2 Å². The third-order valence-electron chi connectivity index (χ3n) is 3.31. The highest BCUT2D eigenvalue weighted by Crippen LogP contribution is 2.32. The Kier molecular flexibility index (Phi) is 3.96. The molecule has 0 spiro atoms. The van der Waals surface area contributed by atoms with Gasteiger partial charge >= 0.3 is 0 Å². The number of aromatic nitrogens is 2. The molecule has 2 aromatic rings. The highest BCUT2D eigenvalue weighted by atomic mass is 35.5. The summed E-state index contributed by atoms with van der Waals surface area (Å²) in [5.41, 5.74) is 1.02. The van der Waals surface area contributed by atoms with E-state index in [1.807, 2.05) is 0 Å². The first kappa shape index (κ1) is 14.7. The Bertz CT molecular complexity index is 783. The number of carbonyl (C=O) groups is 1. The minimum Gasteiger partial charge on any atom is -0.468 e. The van der Waals surface area contributed by atoms with Crippen LogP contribution in [0.2, 0.25) is 5.02 Å². The van der Waals surface area contributed by atoms with Crippen molar-refractivity contribution < 1.29 is 14.3 Å². The van der Waals surface area contributed by atoms with Gasteiger partial charge in [0.25, 0.3) is 5.56 Å². The van der Waals surface area contributed by atoms with Gasteiger partial charge in [0.1, 0.15) is 6.10 Å². The molecule has 6 nitrogen and oxygen atoms in total. The molecule has 1 N–H and O–H groups in total. The number of nitrogens with one attached hydrogen (secondary N) is 1. The van der Waals surface area contributed by atoms with Crippen LogP contribution in [0, 0.1) is 0 Å². The SMILES string of the molecule is CC(=O)c1ccc(Cl)cc1-c1cc(=O)[nH]nc1OC1COC1. The number of hydrogen-bond acceptors (Lipinski definition) is 5. The molecule has 1 aliphatic rings. The number of H-pyrrole nitrogens is 1. The largest absolute Gasteiger partial charge is 0.468 e. The average Bonchev–Trinajstić information content (AvgIpc) is 2.43. The molecule has 1 aliphatic heterocycles. The molecule has 3 rings (SSSR count). The van der Waals surface area contributed by atoms with Crippen molar-refractivity contribution in [3.8, 4) is 17.0 Å². The molecular formula is C15H13ClN2O4. The van der Waals surface area contributed by atoms with Crippen LogP contribution in [-0.4, -0.2) is 35.3 Å². The van der Waals surface area contributed by atoms with E-state index < -0.39 is 0 Å². The summed E-state index contributed by atoms with van der Waals surface area (Å²) < 4.78 is 10.8. The molecule has 0 aliphatic carbocycles. The van der Waals surface area contributed by atoms with Crippen molar-refractivity contribution in [2.45, 2.75) is 13.0 Å². The Morgan fingerprint density at radius 3 is 2.77 bits per heavy atom. The molecule has 0 amide bonds. The Morgan fingerprint density at radius 1 is 1.36 bits per heavy atom. The Hall–Kier alpha value is -2.18. The fraction of sp³-hybridized carbons (Fsp3) is 0.267. The van der Waals surface area contributed by atoms with Crippen LogP contribution in [0.15, 0.2) is 29.1 Å². The lowest BCUT2D eigenvalue weighted by Crippen LogP contribution is -2.39. The minimum atomic E-state index is -0.387. The van der Waals surface area contributed by atoms with E-state index in [0.29, 0.717) is 34.9 Å². The highest BCUT2D eigenvalue weighted by molar-refractivity contribution is 6.31. The van der Waals surface area contributed by atoms with E-state index in [2.05, 4.69) is 10.2 Å². The maximum atomic E-state index is 11.8. The molecule has 114 valence electrons. The molecule has 7 heteroatoms. The molecule has 1 aromatic heterocycles. The number of aromatic amines is 1. The molecule has 0 unspecified atom stereocenters. The summed E-state index contributed by atoms with van der Waals surface area (Å²) >= 11 is 6.03. The molecule has 0 saturated carbocycles. The van der Waals surface area contributed by atoms with Gasteiger partial charge in [0, 0.05) is 16.7 Å². The van der Waals surface area contributed by atoms with Gasteiger partial charge in [-0.1, -0.05) is 11.6 Å². The monoisotopic (exact) mass is 320 g/mol. The summed E-state index contributed by atoms with van der Waals surface area (Å²) in [4.78, 5) is 23.5. The van der Waals surface area contributed by atoms with Crippen molar-refractivity contribution in [3.63, 3.8) is 0 Å². The van der Waals surface area contributed by atoms with Gasteiger partial charge in [0.05, 0.1) is 18.8 Å². The molecule has 0 radical (unpaired) electrons. The standard InChI is InChI=1S/C15H13ClN2O4/c1-8(19)11-3-2-9(16)4-12(11)13-5-14(20)17-18-15(13)22-10-6-21-7-10/h2-5,10H,6-7H2,1H3,(H,17,20). The summed E-state index contributed by atoms with van der Waals surface area (Å²) in [7, 11) is 0. The van der Waals surface area contributed by atoms with E-state index in [0.717, 1.165) is 0 Å². The van der Waals surface area contributed by atoms with Crippen molar-refractivity contribution >= 4 is 17.4 Å². The summed E-state index contributed by atoms with van der Waals surface area (Å²) in [5, 5.41) is 6.73. The zero-order valence-corrected chi connectivity index (χ0v) is 12.5. The fourth-order valence-corrected chi connectivity index (χ4v) is 2.33. The Morgan fingerprint density at radius 2 is 2.14 bits per heavy atom. The predicted octanol–water partition coefficient (Wildman–Crippen LogP) is 2.07. The van der Waals surface area contributed by atoms with Crippen LogP contribution in [0.25, 0.3) is 11.1 Å². The first-order chi connectivity index (χ1) is 10.5. The van der Waals surface area contributed by atoms with Crippen LogP contribution in [0.5, 0.6) is 5.88 Å². The van der Waals surface area contributed by atoms with Crippen LogP contribution in [0.3, 0.4) is 0 Å².